The van der Waals surface area contributed by atoms with Crippen LogP contribution in [-0.2, 0) is 28.6 Å². The molecule has 0 aromatic carbocycles. The summed E-state index contributed by atoms with van der Waals surface area (Å²) in [5.74, 6) is -0.909. The maximum absolute atomic E-state index is 12.9. The molecule has 0 bridgehead atoms. The number of allylic oxidation sites excluding steroid dienone is 20. The second-order valence-electron chi connectivity index (χ2n) is 20.9. The van der Waals surface area contributed by atoms with E-state index in [-0.39, 0.29) is 31.1 Å². The summed E-state index contributed by atoms with van der Waals surface area (Å²) in [7, 11) is 0. The van der Waals surface area contributed by atoms with E-state index in [4.69, 9.17) is 14.2 Å². The Labute approximate surface area is 475 Å². The largest absolute Gasteiger partial charge is 0.462 e. The average Bonchev–Trinajstić information content (AvgIpc) is 3.43. The van der Waals surface area contributed by atoms with Crippen molar-refractivity contribution in [2.45, 2.75) is 297 Å². The quantitative estimate of drug-likeness (QED) is 0.0261. The van der Waals surface area contributed by atoms with Crippen LogP contribution in [0.5, 0.6) is 0 Å². The molecule has 0 radical (unpaired) electrons. The fourth-order valence-electron chi connectivity index (χ4n) is 8.67. The summed E-state index contributed by atoms with van der Waals surface area (Å²) in [5.41, 5.74) is 0. The van der Waals surface area contributed by atoms with Crippen molar-refractivity contribution in [3.8, 4) is 0 Å². The van der Waals surface area contributed by atoms with Crippen LogP contribution in [0.3, 0.4) is 0 Å². The molecule has 0 N–H and O–H groups in total. The zero-order valence-corrected chi connectivity index (χ0v) is 50.2. The van der Waals surface area contributed by atoms with E-state index >= 15 is 0 Å². The predicted molar refractivity (Wildman–Crippen MR) is 334 cm³/mol. The van der Waals surface area contributed by atoms with Gasteiger partial charge >= 0.3 is 17.9 Å². The monoisotopic (exact) mass is 1070 g/mol. The SMILES string of the molecule is CC/C=C\C/C=C\C/C=C\C/C=C\C/C=C\C/C=C\C/C=C\CCCCCCCCCCCC(=O)OCC(COC(=O)CCCCCCCCC)OC(=O)CCCCCCCC/C=C\C/C=C\C/C=C\CCCCCCC. The van der Waals surface area contributed by atoms with E-state index in [0.717, 1.165) is 135 Å². The molecule has 0 heterocycles. The van der Waals surface area contributed by atoms with E-state index < -0.39 is 6.10 Å². The normalized spacial score (nSPS) is 12.9. The van der Waals surface area contributed by atoms with Gasteiger partial charge in [0.2, 0.25) is 0 Å². The van der Waals surface area contributed by atoms with Crippen molar-refractivity contribution in [1.29, 1.82) is 0 Å². The van der Waals surface area contributed by atoms with Crippen LogP contribution in [0.4, 0.5) is 0 Å². The summed E-state index contributed by atoms with van der Waals surface area (Å²) in [4.78, 5) is 38.1. The molecule has 0 aromatic heterocycles. The smallest absolute Gasteiger partial charge is 0.306 e. The lowest BCUT2D eigenvalue weighted by Gasteiger charge is -2.18. The lowest BCUT2D eigenvalue weighted by Crippen LogP contribution is -2.30. The number of unbranched alkanes of at least 4 members (excludes halogenated alkanes) is 26. The first-order valence-electron chi connectivity index (χ1n) is 32.0. The van der Waals surface area contributed by atoms with Crippen molar-refractivity contribution in [2.24, 2.45) is 0 Å². The zero-order chi connectivity index (χ0) is 55.7. The van der Waals surface area contributed by atoms with Gasteiger partial charge in [0.15, 0.2) is 6.10 Å². The molecular formula is C71H118O6. The molecule has 438 valence electrons. The maximum Gasteiger partial charge on any atom is 0.306 e. The van der Waals surface area contributed by atoms with Gasteiger partial charge in [-0.3, -0.25) is 14.4 Å². The Morgan fingerprint density at radius 1 is 0.273 bits per heavy atom. The van der Waals surface area contributed by atoms with Crippen LogP contribution in [0.15, 0.2) is 122 Å². The highest BCUT2D eigenvalue weighted by molar-refractivity contribution is 5.71. The van der Waals surface area contributed by atoms with E-state index in [0.29, 0.717) is 19.3 Å². The number of esters is 3. The third kappa shape index (κ3) is 62.5. The molecular weight excluding hydrogens is 949 g/mol. The van der Waals surface area contributed by atoms with Gasteiger partial charge in [-0.05, 0) is 116 Å². The fraction of sp³-hybridized carbons (Fsp3) is 0.676. The standard InChI is InChI=1S/C71H118O6/c1-4-7-10-13-16-18-20-22-24-26-28-30-31-32-33-34-35-36-37-38-39-41-42-44-46-48-50-52-55-58-61-64-70(73)76-67-68(66-75-69(72)63-60-57-54-15-12-9-6-3)77-71(74)65-62-59-56-53-51-49-47-45-43-40-29-27-25-23-21-19-17-14-11-8-5-2/h7,10,16,18,21-24,27-30,32-33,35-36,38-39,43,45,68H,4-6,8-9,11-15,17,19-20,25-26,31,34,37,40-42,44,46-67H2,1-3H3/b10-7-,18-16-,23-21-,24-22-,29-27-,30-28-,33-32-,36-35-,39-38-,45-43-. The van der Waals surface area contributed by atoms with Gasteiger partial charge in [-0.25, -0.2) is 0 Å². The minimum Gasteiger partial charge on any atom is -0.462 e. The van der Waals surface area contributed by atoms with E-state index in [2.05, 4.69) is 142 Å². The maximum atomic E-state index is 12.9. The molecule has 1 unspecified atom stereocenters. The van der Waals surface area contributed by atoms with Gasteiger partial charge < -0.3 is 14.2 Å². The molecule has 0 fully saturated rings. The molecule has 0 spiro atoms. The van der Waals surface area contributed by atoms with Crippen LogP contribution in [0.1, 0.15) is 290 Å². The number of ether oxygens (including phenoxy) is 3. The Kier molecular flexibility index (Phi) is 60.8. The molecule has 0 saturated heterocycles. The molecule has 0 rings (SSSR count). The van der Waals surface area contributed by atoms with Crippen LogP contribution in [0.25, 0.3) is 0 Å². The third-order valence-electron chi connectivity index (χ3n) is 13.5. The molecule has 0 saturated carbocycles. The molecule has 6 heteroatoms. The van der Waals surface area contributed by atoms with Gasteiger partial charge in [-0.2, -0.15) is 0 Å². The Balaban J connectivity index is 4.18. The van der Waals surface area contributed by atoms with Crippen molar-refractivity contribution in [3.05, 3.63) is 122 Å². The van der Waals surface area contributed by atoms with Crippen LogP contribution in [-0.4, -0.2) is 37.2 Å². The van der Waals surface area contributed by atoms with Crippen LogP contribution in [0, 0.1) is 0 Å². The number of carbonyl (C=O) groups is 3. The summed E-state index contributed by atoms with van der Waals surface area (Å²) < 4.78 is 16.8. The van der Waals surface area contributed by atoms with E-state index in [1.165, 1.54) is 116 Å². The summed E-state index contributed by atoms with van der Waals surface area (Å²) in [6.07, 6.45) is 89.4. The van der Waals surface area contributed by atoms with Crippen LogP contribution >= 0.6 is 0 Å². The van der Waals surface area contributed by atoms with E-state index in [1.807, 2.05) is 0 Å². The van der Waals surface area contributed by atoms with E-state index in [1.54, 1.807) is 0 Å². The molecule has 0 aliphatic carbocycles. The number of rotatable bonds is 57. The summed E-state index contributed by atoms with van der Waals surface area (Å²) >= 11 is 0. The molecule has 6 nitrogen and oxygen atoms in total. The molecule has 0 aromatic rings. The van der Waals surface area contributed by atoms with Crippen LogP contribution < -0.4 is 0 Å². The molecule has 0 aliphatic rings. The second kappa shape index (κ2) is 64.3. The minimum absolute atomic E-state index is 0.0858. The number of hydrogen-bond donors (Lipinski definition) is 0. The third-order valence-corrected chi connectivity index (χ3v) is 13.5. The Morgan fingerprint density at radius 3 is 0.792 bits per heavy atom. The number of carbonyl (C=O) groups excluding carboxylic acids is 3. The Morgan fingerprint density at radius 2 is 0.506 bits per heavy atom. The molecule has 0 aliphatic heterocycles. The van der Waals surface area contributed by atoms with Gasteiger partial charge in [0, 0.05) is 19.3 Å². The first-order valence-corrected chi connectivity index (χ1v) is 32.0. The molecule has 77 heavy (non-hydrogen) atoms. The molecule has 1 atom stereocenters. The summed E-state index contributed by atoms with van der Waals surface area (Å²) in [6, 6.07) is 0. The van der Waals surface area contributed by atoms with Crippen molar-refractivity contribution in [2.75, 3.05) is 13.2 Å². The fourth-order valence-corrected chi connectivity index (χ4v) is 8.67. The topological polar surface area (TPSA) is 78.9 Å². The first kappa shape index (κ1) is 72.8. The average molecular weight is 1070 g/mol. The van der Waals surface area contributed by atoms with Crippen LogP contribution in [0.2, 0.25) is 0 Å². The zero-order valence-electron chi connectivity index (χ0n) is 50.2. The van der Waals surface area contributed by atoms with Gasteiger partial charge in [-0.1, -0.05) is 277 Å². The predicted octanol–water partition coefficient (Wildman–Crippen LogP) is 22.0. The lowest BCUT2D eigenvalue weighted by atomic mass is 10.1. The van der Waals surface area contributed by atoms with E-state index in [9.17, 15) is 14.4 Å². The minimum atomic E-state index is -0.788. The van der Waals surface area contributed by atoms with Crippen molar-refractivity contribution in [3.63, 3.8) is 0 Å². The summed E-state index contributed by atoms with van der Waals surface area (Å²) in [6.45, 7) is 6.46. The second-order valence-corrected chi connectivity index (χ2v) is 20.9. The number of hydrogen-bond acceptors (Lipinski definition) is 6. The van der Waals surface area contributed by atoms with Crippen molar-refractivity contribution >= 4 is 17.9 Å². The highest BCUT2D eigenvalue weighted by atomic mass is 16.6. The summed E-state index contributed by atoms with van der Waals surface area (Å²) in [5, 5.41) is 0. The van der Waals surface area contributed by atoms with Gasteiger partial charge in [0.25, 0.3) is 0 Å². The Bertz CT molecular complexity index is 1600. The highest BCUT2D eigenvalue weighted by Crippen LogP contribution is 2.15. The van der Waals surface area contributed by atoms with Crippen molar-refractivity contribution < 1.29 is 28.6 Å². The Hall–Kier alpha value is -4.19. The first-order chi connectivity index (χ1) is 38.0. The van der Waals surface area contributed by atoms with Gasteiger partial charge in [0.1, 0.15) is 13.2 Å². The lowest BCUT2D eigenvalue weighted by molar-refractivity contribution is -0.167. The highest BCUT2D eigenvalue weighted by Gasteiger charge is 2.19. The molecule has 0 amide bonds. The van der Waals surface area contributed by atoms with Gasteiger partial charge in [0.05, 0.1) is 0 Å². The van der Waals surface area contributed by atoms with Gasteiger partial charge in [-0.15, -0.1) is 0 Å². The van der Waals surface area contributed by atoms with Crippen molar-refractivity contribution in [1.82, 2.24) is 0 Å².